The van der Waals surface area contributed by atoms with E-state index in [0.717, 1.165) is 5.56 Å². The van der Waals surface area contributed by atoms with E-state index in [9.17, 15) is 4.57 Å². The summed E-state index contributed by atoms with van der Waals surface area (Å²) in [6.07, 6.45) is 0.617. The minimum absolute atomic E-state index is 0.324. The molecule has 0 saturated heterocycles. The Balaban J connectivity index is 3.06. The highest BCUT2D eigenvalue weighted by atomic mass is 35.5. The summed E-state index contributed by atoms with van der Waals surface area (Å²) in [5, 5.41) is 0.883. The van der Waals surface area contributed by atoms with E-state index < -0.39 is 8.03 Å². The fourth-order valence-corrected chi connectivity index (χ4v) is 2.40. The highest BCUT2D eigenvalue weighted by molar-refractivity contribution is 7.38. The molecule has 0 aliphatic rings. The summed E-state index contributed by atoms with van der Waals surface area (Å²) in [5.41, 5.74) is 0.447. The van der Waals surface area contributed by atoms with Gasteiger partial charge < -0.3 is 4.89 Å². The van der Waals surface area contributed by atoms with Gasteiger partial charge in [-0.05, 0) is 24.1 Å². The van der Waals surface area contributed by atoms with E-state index in [-0.39, 0.29) is 5.66 Å². The molecule has 0 spiro atoms. The van der Waals surface area contributed by atoms with E-state index in [1.807, 2.05) is 6.92 Å². The van der Waals surface area contributed by atoms with Crippen LogP contribution in [0.2, 0.25) is 10.0 Å². The third-order valence-corrected chi connectivity index (χ3v) is 4.13. The van der Waals surface area contributed by atoms with Gasteiger partial charge >= 0.3 is 0 Å². The van der Waals surface area contributed by atoms with Crippen molar-refractivity contribution in [3.63, 3.8) is 0 Å². The van der Waals surface area contributed by atoms with Crippen LogP contribution in [0.3, 0.4) is 0 Å². The normalized spacial score (nSPS) is 15.1. The summed E-state index contributed by atoms with van der Waals surface area (Å²) in [4.78, 5) is 9.10. The molecule has 2 nitrogen and oxygen atoms in total. The van der Waals surface area contributed by atoms with Gasteiger partial charge in [0.25, 0.3) is 0 Å². The Morgan fingerprint density at radius 2 is 2.07 bits per heavy atom. The molecule has 1 N–H and O–H groups in total. The third-order valence-electron chi connectivity index (χ3n) is 2.05. The zero-order chi connectivity index (χ0) is 10.7. The molecule has 1 aromatic rings. The second-order valence-electron chi connectivity index (χ2n) is 2.97. The smallest absolute Gasteiger partial charge is 0.196 e. The van der Waals surface area contributed by atoms with Crippen molar-refractivity contribution >= 4 is 31.2 Å². The van der Waals surface area contributed by atoms with Gasteiger partial charge in [-0.25, -0.2) is 0 Å². The molecule has 0 aliphatic carbocycles. The predicted molar refractivity (Wildman–Crippen MR) is 60.7 cm³/mol. The number of rotatable bonds is 3. The van der Waals surface area contributed by atoms with Gasteiger partial charge in [-0.15, -0.1) is 0 Å². The van der Waals surface area contributed by atoms with Crippen molar-refractivity contribution in [1.29, 1.82) is 0 Å². The van der Waals surface area contributed by atoms with Crippen LogP contribution in [0.5, 0.6) is 0 Å². The molecule has 0 bridgehead atoms. The monoisotopic (exact) mass is 252 g/mol. The number of hydrogen-bond donors (Lipinski definition) is 1. The van der Waals surface area contributed by atoms with Crippen LogP contribution in [0.1, 0.15) is 24.6 Å². The van der Waals surface area contributed by atoms with E-state index in [4.69, 9.17) is 28.1 Å². The lowest BCUT2D eigenvalue weighted by molar-refractivity contribution is 0.488. The molecule has 0 aliphatic heterocycles. The summed E-state index contributed by atoms with van der Waals surface area (Å²) in [7, 11) is -2.56. The van der Waals surface area contributed by atoms with E-state index in [0.29, 0.717) is 16.5 Å². The summed E-state index contributed by atoms with van der Waals surface area (Å²) >= 11 is 11.6. The van der Waals surface area contributed by atoms with Crippen LogP contribution in [0, 0.1) is 0 Å². The summed E-state index contributed by atoms with van der Waals surface area (Å²) in [5.74, 6) is 0. The van der Waals surface area contributed by atoms with Crippen molar-refractivity contribution in [3.8, 4) is 0 Å². The topological polar surface area (TPSA) is 37.3 Å². The molecule has 14 heavy (non-hydrogen) atoms. The van der Waals surface area contributed by atoms with Crippen LogP contribution in [0.15, 0.2) is 18.2 Å². The summed E-state index contributed by atoms with van der Waals surface area (Å²) in [6.45, 7) is 1.87. The molecule has 0 amide bonds. The lowest BCUT2D eigenvalue weighted by atomic mass is 10.1. The lowest BCUT2D eigenvalue weighted by Crippen LogP contribution is -1.91. The molecule has 0 fully saturated rings. The standard InChI is InChI=1S/C9H11Cl2O2P/c1-2-9(14(12)13)6-3-4-7(10)8(11)5-6/h3-5,9,14H,2H2,1H3,(H,12,13). The van der Waals surface area contributed by atoms with Crippen LogP contribution in [0.4, 0.5) is 0 Å². The molecule has 0 saturated carbocycles. The van der Waals surface area contributed by atoms with E-state index in [1.165, 1.54) is 0 Å². The van der Waals surface area contributed by atoms with Crippen LogP contribution in [-0.4, -0.2) is 4.89 Å². The van der Waals surface area contributed by atoms with Crippen molar-refractivity contribution < 1.29 is 9.46 Å². The quantitative estimate of drug-likeness (QED) is 0.829. The molecule has 2 unspecified atom stereocenters. The third kappa shape index (κ3) is 2.74. The zero-order valence-electron chi connectivity index (χ0n) is 7.63. The van der Waals surface area contributed by atoms with Gasteiger partial charge in [0.1, 0.15) is 0 Å². The highest BCUT2D eigenvalue weighted by Gasteiger charge is 2.15. The molecule has 0 radical (unpaired) electrons. The first-order valence-corrected chi connectivity index (χ1v) is 6.43. The van der Waals surface area contributed by atoms with Gasteiger partial charge in [-0.2, -0.15) is 0 Å². The van der Waals surface area contributed by atoms with Gasteiger partial charge in [-0.3, -0.25) is 4.57 Å². The minimum atomic E-state index is -2.56. The Kier molecular flexibility index (Phi) is 4.46. The highest BCUT2D eigenvalue weighted by Crippen LogP contribution is 2.41. The fourth-order valence-electron chi connectivity index (χ4n) is 1.28. The Morgan fingerprint density at radius 3 is 2.50 bits per heavy atom. The molecule has 0 aromatic heterocycles. The van der Waals surface area contributed by atoms with Gasteiger partial charge in [0.2, 0.25) is 0 Å². The van der Waals surface area contributed by atoms with Crippen molar-refractivity contribution in [3.05, 3.63) is 33.8 Å². The molecule has 78 valence electrons. The van der Waals surface area contributed by atoms with Gasteiger partial charge in [0.05, 0.1) is 15.7 Å². The number of halogens is 2. The molecule has 2 atom stereocenters. The SMILES string of the molecule is CCC(c1ccc(Cl)c(Cl)c1)[PH](=O)O. The van der Waals surface area contributed by atoms with Crippen LogP contribution in [0.25, 0.3) is 0 Å². The van der Waals surface area contributed by atoms with Crippen LogP contribution in [-0.2, 0) is 4.57 Å². The lowest BCUT2D eigenvalue weighted by Gasteiger charge is -2.11. The minimum Gasteiger partial charge on any atom is -0.346 e. The maximum atomic E-state index is 11.0. The zero-order valence-corrected chi connectivity index (χ0v) is 10.1. The van der Waals surface area contributed by atoms with Crippen molar-refractivity contribution in [2.75, 3.05) is 0 Å². The van der Waals surface area contributed by atoms with Gasteiger partial charge in [0.15, 0.2) is 8.03 Å². The van der Waals surface area contributed by atoms with E-state index in [1.54, 1.807) is 18.2 Å². The molecule has 5 heteroatoms. The molecule has 1 rings (SSSR count). The van der Waals surface area contributed by atoms with E-state index >= 15 is 0 Å². The molecule has 1 aromatic carbocycles. The average Bonchev–Trinajstić information content (AvgIpc) is 2.11. The first kappa shape index (κ1) is 12.1. The first-order chi connectivity index (χ1) is 6.56. The Labute approximate surface area is 93.7 Å². The predicted octanol–water partition coefficient (Wildman–Crippen LogP) is 3.91. The van der Waals surface area contributed by atoms with Crippen molar-refractivity contribution in [2.45, 2.75) is 19.0 Å². The number of hydrogen-bond acceptors (Lipinski definition) is 1. The summed E-state index contributed by atoms with van der Waals surface area (Å²) < 4.78 is 11.0. The van der Waals surface area contributed by atoms with Gasteiger partial charge in [-0.1, -0.05) is 36.2 Å². The Hall–Kier alpha value is -0.0100. The fraction of sp³-hybridized carbons (Fsp3) is 0.333. The molecular formula is C9H11Cl2O2P. The second-order valence-corrected chi connectivity index (χ2v) is 5.16. The Morgan fingerprint density at radius 1 is 1.43 bits per heavy atom. The van der Waals surface area contributed by atoms with Crippen LogP contribution >= 0.6 is 31.2 Å². The van der Waals surface area contributed by atoms with Crippen LogP contribution < -0.4 is 0 Å². The molecular weight excluding hydrogens is 242 g/mol. The Bertz CT molecular complexity index is 355. The largest absolute Gasteiger partial charge is 0.346 e. The van der Waals surface area contributed by atoms with Crippen molar-refractivity contribution in [1.82, 2.24) is 0 Å². The second kappa shape index (κ2) is 5.18. The summed E-state index contributed by atoms with van der Waals surface area (Å²) in [6, 6.07) is 5.03. The first-order valence-electron chi connectivity index (χ1n) is 4.24. The van der Waals surface area contributed by atoms with Crippen molar-refractivity contribution in [2.24, 2.45) is 0 Å². The average molecular weight is 253 g/mol. The van der Waals surface area contributed by atoms with E-state index in [2.05, 4.69) is 0 Å². The maximum Gasteiger partial charge on any atom is 0.196 e. The molecule has 0 heterocycles. The number of benzene rings is 1. The van der Waals surface area contributed by atoms with Gasteiger partial charge in [0, 0.05) is 0 Å². The maximum absolute atomic E-state index is 11.0.